The summed E-state index contributed by atoms with van der Waals surface area (Å²) in [7, 11) is 1.67. The molecular formula is C22H25N3O2. The van der Waals surface area contributed by atoms with Gasteiger partial charge in [-0.25, -0.2) is 0 Å². The second-order valence-corrected chi connectivity index (χ2v) is 6.54. The quantitative estimate of drug-likeness (QED) is 0.690. The number of aromatic nitrogens is 2. The van der Waals surface area contributed by atoms with Crippen molar-refractivity contribution in [2.24, 2.45) is 5.73 Å². The summed E-state index contributed by atoms with van der Waals surface area (Å²) in [6.07, 6.45) is 5.31. The molecule has 2 N–H and O–H groups in total. The summed E-state index contributed by atoms with van der Waals surface area (Å²) < 4.78 is 7.70. The zero-order valence-electron chi connectivity index (χ0n) is 16.0. The topological polar surface area (TPSA) is 70.1 Å². The van der Waals surface area contributed by atoms with Crippen LogP contribution >= 0.6 is 0 Å². The van der Waals surface area contributed by atoms with Gasteiger partial charge in [0.1, 0.15) is 5.75 Å². The lowest BCUT2D eigenvalue weighted by atomic mass is 9.99. The molecular weight excluding hydrogens is 338 g/mol. The van der Waals surface area contributed by atoms with Crippen molar-refractivity contribution in [2.45, 2.75) is 33.2 Å². The molecule has 0 aliphatic heterocycles. The van der Waals surface area contributed by atoms with Gasteiger partial charge in [-0.05, 0) is 25.5 Å². The third-order valence-corrected chi connectivity index (χ3v) is 4.84. The van der Waals surface area contributed by atoms with Crippen LogP contribution in [0.15, 0.2) is 48.8 Å². The van der Waals surface area contributed by atoms with Crippen LogP contribution in [0.1, 0.15) is 40.7 Å². The van der Waals surface area contributed by atoms with Gasteiger partial charge in [-0.2, -0.15) is 0 Å². The second-order valence-electron chi connectivity index (χ2n) is 6.54. The highest BCUT2D eigenvalue weighted by Crippen LogP contribution is 2.34. The van der Waals surface area contributed by atoms with E-state index in [9.17, 15) is 4.79 Å². The first-order valence-electron chi connectivity index (χ1n) is 9.12. The molecule has 0 fully saturated rings. The molecule has 1 amide bonds. The summed E-state index contributed by atoms with van der Waals surface area (Å²) in [6, 6.07) is 11.8. The molecule has 140 valence electrons. The fourth-order valence-corrected chi connectivity index (χ4v) is 3.64. The molecule has 0 saturated carbocycles. The van der Waals surface area contributed by atoms with Crippen LogP contribution in [-0.2, 0) is 13.0 Å². The van der Waals surface area contributed by atoms with Crippen molar-refractivity contribution in [3.63, 3.8) is 0 Å². The SMILES string of the molecule is CCCc1c(-c2cccnc2)c(C(N)=O)c(C)n1Cc1ccccc1OC. The molecule has 27 heavy (non-hydrogen) atoms. The minimum absolute atomic E-state index is 0.414. The van der Waals surface area contributed by atoms with E-state index < -0.39 is 5.91 Å². The van der Waals surface area contributed by atoms with Crippen LogP contribution in [0, 0.1) is 6.92 Å². The highest BCUT2D eigenvalue weighted by molar-refractivity contribution is 6.02. The van der Waals surface area contributed by atoms with Crippen molar-refractivity contribution in [2.75, 3.05) is 7.11 Å². The van der Waals surface area contributed by atoms with Crippen molar-refractivity contribution < 1.29 is 9.53 Å². The molecule has 0 spiro atoms. The molecule has 3 rings (SSSR count). The minimum atomic E-state index is -0.414. The van der Waals surface area contributed by atoms with Crippen LogP contribution in [0.2, 0.25) is 0 Å². The molecule has 0 bridgehead atoms. The van der Waals surface area contributed by atoms with Crippen molar-refractivity contribution >= 4 is 5.91 Å². The molecule has 3 aromatic rings. The molecule has 0 aliphatic rings. The van der Waals surface area contributed by atoms with Crippen LogP contribution in [0.3, 0.4) is 0 Å². The van der Waals surface area contributed by atoms with E-state index in [2.05, 4.69) is 16.5 Å². The smallest absolute Gasteiger partial charge is 0.251 e. The van der Waals surface area contributed by atoms with Crippen molar-refractivity contribution in [1.82, 2.24) is 9.55 Å². The van der Waals surface area contributed by atoms with Gasteiger partial charge in [0.25, 0.3) is 5.91 Å². The summed E-state index contributed by atoms with van der Waals surface area (Å²) in [5.41, 5.74) is 11.2. The Balaban J connectivity index is 2.23. The number of carbonyl (C=O) groups is 1. The zero-order valence-corrected chi connectivity index (χ0v) is 16.0. The number of hydrogen-bond acceptors (Lipinski definition) is 3. The van der Waals surface area contributed by atoms with Gasteiger partial charge >= 0.3 is 0 Å². The number of methoxy groups -OCH3 is 1. The summed E-state index contributed by atoms with van der Waals surface area (Å²) >= 11 is 0. The number of hydrogen-bond donors (Lipinski definition) is 1. The lowest BCUT2D eigenvalue weighted by Gasteiger charge is -2.15. The molecule has 0 radical (unpaired) electrons. The van der Waals surface area contributed by atoms with Crippen LogP contribution in [0.25, 0.3) is 11.1 Å². The summed E-state index contributed by atoms with van der Waals surface area (Å²) in [5, 5.41) is 0. The maximum Gasteiger partial charge on any atom is 0.251 e. The standard InChI is InChI=1S/C22H25N3O2/c1-4-8-18-21(16-10-7-12-24-13-16)20(22(23)26)15(2)25(18)14-17-9-5-6-11-19(17)27-3/h5-7,9-13H,4,8,14H2,1-3H3,(H2,23,26). The first-order chi connectivity index (χ1) is 13.1. The van der Waals surface area contributed by atoms with Crippen LogP contribution < -0.4 is 10.5 Å². The van der Waals surface area contributed by atoms with Gasteiger partial charge in [-0.15, -0.1) is 0 Å². The monoisotopic (exact) mass is 363 g/mol. The first kappa shape index (κ1) is 18.7. The van der Waals surface area contributed by atoms with E-state index in [4.69, 9.17) is 10.5 Å². The Morgan fingerprint density at radius 2 is 2.00 bits per heavy atom. The van der Waals surface area contributed by atoms with Crippen molar-refractivity contribution in [1.29, 1.82) is 0 Å². The van der Waals surface area contributed by atoms with Gasteiger partial charge < -0.3 is 15.0 Å². The lowest BCUT2D eigenvalue weighted by Crippen LogP contribution is -2.13. The summed E-state index contributed by atoms with van der Waals surface area (Å²) in [5.74, 6) is 0.416. The third-order valence-electron chi connectivity index (χ3n) is 4.84. The Morgan fingerprint density at radius 1 is 1.22 bits per heavy atom. The number of nitrogens with zero attached hydrogens (tertiary/aromatic N) is 2. The number of para-hydroxylation sites is 1. The van der Waals surface area contributed by atoms with Crippen molar-refractivity contribution in [3.05, 3.63) is 71.3 Å². The fourth-order valence-electron chi connectivity index (χ4n) is 3.64. The number of ether oxygens (including phenoxy) is 1. The average molecular weight is 363 g/mol. The number of benzene rings is 1. The van der Waals surface area contributed by atoms with Crippen molar-refractivity contribution in [3.8, 4) is 16.9 Å². The highest BCUT2D eigenvalue weighted by Gasteiger charge is 2.24. The maximum atomic E-state index is 12.3. The number of carbonyl (C=O) groups excluding carboxylic acids is 1. The predicted octanol–water partition coefficient (Wildman–Crippen LogP) is 3.97. The number of nitrogens with two attached hydrogens (primary N) is 1. The van der Waals surface area contributed by atoms with E-state index in [1.165, 1.54) is 0 Å². The predicted molar refractivity (Wildman–Crippen MR) is 107 cm³/mol. The Morgan fingerprint density at radius 3 is 2.63 bits per heavy atom. The van der Waals surface area contributed by atoms with E-state index in [0.717, 1.165) is 46.7 Å². The van der Waals surface area contributed by atoms with Crippen LogP contribution in [0.4, 0.5) is 0 Å². The van der Waals surface area contributed by atoms with E-state index in [0.29, 0.717) is 12.1 Å². The fraction of sp³-hybridized carbons (Fsp3) is 0.273. The Hall–Kier alpha value is -3.08. The van der Waals surface area contributed by atoms with E-state index in [1.54, 1.807) is 19.5 Å². The molecule has 0 unspecified atom stereocenters. The average Bonchev–Trinajstić information content (AvgIpc) is 2.95. The molecule has 0 atom stereocenters. The van der Waals surface area contributed by atoms with Crippen LogP contribution in [-0.4, -0.2) is 22.6 Å². The molecule has 0 aliphatic carbocycles. The van der Waals surface area contributed by atoms with Gasteiger partial charge in [0.15, 0.2) is 0 Å². The second kappa shape index (κ2) is 8.08. The summed E-state index contributed by atoms with van der Waals surface area (Å²) in [4.78, 5) is 16.6. The lowest BCUT2D eigenvalue weighted by molar-refractivity contribution is 0.1000. The van der Waals surface area contributed by atoms with Gasteiger partial charge in [0, 0.05) is 40.5 Å². The van der Waals surface area contributed by atoms with E-state index in [-0.39, 0.29) is 0 Å². The third kappa shape index (κ3) is 3.58. The number of rotatable bonds is 7. The zero-order chi connectivity index (χ0) is 19.4. The highest BCUT2D eigenvalue weighted by atomic mass is 16.5. The van der Waals surface area contributed by atoms with Gasteiger partial charge in [-0.3, -0.25) is 9.78 Å². The molecule has 2 heterocycles. The normalized spacial score (nSPS) is 10.8. The number of pyridine rings is 1. The minimum Gasteiger partial charge on any atom is -0.496 e. The number of amides is 1. The maximum absolute atomic E-state index is 12.3. The molecule has 0 saturated heterocycles. The largest absolute Gasteiger partial charge is 0.496 e. The summed E-state index contributed by atoms with van der Waals surface area (Å²) in [6.45, 7) is 4.70. The first-order valence-corrected chi connectivity index (χ1v) is 9.12. The Kier molecular flexibility index (Phi) is 5.60. The van der Waals surface area contributed by atoms with Gasteiger partial charge in [0.2, 0.25) is 0 Å². The van der Waals surface area contributed by atoms with Gasteiger partial charge in [0.05, 0.1) is 19.2 Å². The van der Waals surface area contributed by atoms with Gasteiger partial charge in [-0.1, -0.05) is 37.6 Å². The van der Waals surface area contributed by atoms with E-state index in [1.807, 2.05) is 43.3 Å². The number of primary amides is 1. The molecule has 5 nitrogen and oxygen atoms in total. The molecule has 1 aromatic carbocycles. The Labute approximate surface area is 159 Å². The Bertz CT molecular complexity index is 946. The van der Waals surface area contributed by atoms with Crippen LogP contribution in [0.5, 0.6) is 5.75 Å². The molecule has 2 aromatic heterocycles. The van der Waals surface area contributed by atoms with E-state index >= 15 is 0 Å². The molecule has 5 heteroatoms.